The van der Waals surface area contributed by atoms with Crippen LogP contribution >= 0.6 is 0 Å². The molecule has 0 aliphatic carbocycles. The number of allylic oxidation sites excluding steroid dienone is 1. The van der Waals surface area contributed by atoms with E-state index in [0.29, 0.717) is 0 Å². The van der Waals surface area contributed by atoms with Crippen LogP contribution in [0.1, 0.15) is 71.6 Å². The number of hydrogen-bond acceptors (Lipinski definition) is 3. The van der Waals surface area contributed by atoms with Crippen molar-refractivity contribution >= 4 is 0 Å². The Bertz CT molecular complexity index is 198. The van der Waals surface area contributed by atoms with Crippen LogP contribution in [0, 0.1) is 0 Å². The molecule has 0 saturated carbocycles. The molecule has 3 heteroatoms. The first kappa shape index (κ1) is 19.6. The molecule has 0 spiro atoms. The van der Waals surface area contributed by atoms with Gasteiger partial charge in [-0.3, -0.25) is 0 Å². The Morgan fingerprint density at radius 1 is 0.800 bits per heavy atom. The SMILES string of the molecule is CCOC(CCCCCCCC/C=C/CCO)OCC. The number of aliphatic hydroxyl groups excluding tert-OH is 1. The molecular formula is C17H34O3. The predicted molar refractivity (Wildman–Crippen MR) is 84.8 cm³/mol. The van der Waals surface area contributed by atoms with E-state index in [1.54, 1.807) is 0 Å². The van der Waals surface area contributed by atoms with Crippen molar-refractivity contribution in [3.63, 3.8) is 0 Å². The first-order valence-corrected chi connectivity index (χ1v) is 8.34. The van der Waals surface area contributed by atoms with E-state index in [-0.39, 0.29) is 12.9 Å². The molecule has 0 unspecified atom stereocenters. The number of ether oxygens (including phenoxy) is 2. The minimum atomic E-state index is 0.00154. The van der Waals surface area contributed by atoms with Gasteiger partial charge in [0.15, 0.2) is 6.29 Å². The van der Waals surface area contributed by atoms with Gasteiger partial charge in [-0.05, 0) is 46.0 Å². The van der Waals surface area contributed by atoms with Crippen molar-refractivity contribution in [2.45, 2.75) is 77.9 Å². The maximum absolute atomic E-state index is 8.63. The zero-order valence-electron chi connectivity index (χ0n) is 13.5. The summed E-state index contributed by atoms with van der Waals surface area (Å²) in [7, 11) is 0. The average molecular weight is 286 g/mol. The van der Waals surface area contributed by atoms with Gasteiger partial charge in [0.1, 0.15) is 0 Å². The van der Waals surface area contributed by atoms with Crippen molar-refractivity contribution in [1.29, 1.82) is 0 Å². The minimum absolute atomic E-state index is 0.00154. The second-order valence-electron chi connectivity index (χ2n) is 5.02. The topological polar surface area (TPSA) is 38.7 Å². The normalized spacial score (nSPS) is 11.8. The molecule has 0 fully saturated rings. The maximum atomic E-state index is 8.63. The van der Waals surface area contributed by atoms with Crippen LogP contribution in [0.4, 0.5) is 0 Å². The van der Waals surface area contributed by atoms with E-state index in [2.05, 4.69) is 12.2 Å². The zero-order chi connectivity index (χ0) is 14.9. The third kappa shape index (κ3) is 14.0. The van der Waals surface area contributed by atoms with Crippen LogP contribution in [0.15, 0.2) is 12.2 Å². The van der Waals surface area contributed by atoms with Crippen molar-refractivity contribution in [2.24, 2.45) is 0 Å². The summed E-state index contributed by atoms with van der Waals surface area (Å²) in [6, 6.07) is 0. The predicted octanol–water partition coefficient (Wildman–Crippen LogP) is 4.44. The smallest absolute Gasteiger partial charge is 0.157 e. The van der Waals surface area contributed by atoms with Gasteiger partial charge in [-0.25, -0.2) is 0 Å². The van der Waals surface area contributed by atoms with Gasteiger partial charge in [-0.1, -0.05) is 37.8 Å². The fraction of sp³-hybridized carbons (Fsp3) is 0.882. The summed E-state index contributed by atoms with van der Waals surface area (Å²) in [5.74, 6) is 0. The van der Waals surface area contributed by atoms with E-state index in [1.807, 2.05) is 13.8 Å². The van der Waals surface area contributed by atoms with Gasteiger partial charge < -0.3 is 14.6 Å². The average Bonchev–Trinajstić information content (AvgIpc) is 2.45. The van der Waals surface area contributed by atoms with Gasteiger partial charge in [0.2, 0.25) is 0 Å². The molecule has 0 bridgehead atoms. The lowest BCUT2D eigenvalue weighted by Gasteiger charge is -2.16. The second kappa shape index (κ2) is 16.7. The van der Waals surface area contributed by atoms with E-state index in [4.69, 9.17) is 14.6 Å². The summed E-state index contributed by atoms with van der Waals surface area (Å²) in [6.45, 7) is 5.76. The molecular weight excluding hydrogens is 252 g/mol. The summed E-state index contributed by atoms with van der Waals surface area (Å²) >= 11 is 0. The quantitative estimate of drug-likeness (QED) is 0.275. The van der Waals surface area contributed by atoms with Crippen LogP contribution in [0.5, 0.6) is 0 Å². The zero-order valence-corrected chi connectivity index (χ0v) is 13.5. The van der Waals surface area contributed by atoms with Crippen molar-refractivity contribution in [3.8, 4) is 0 Å². The van der Waals surface area contributed by atoms with Gasteiger partial charge >= 0.3 is 0 Å². The van der Waals surface area contributed by atoms with Gasteiger partial charge in [-0.15, -0.1) is 0 Å². The standard InChI is InChI=1S/C17H34O3/c1-3-19-17(20-4-2)15-13-11-9-7-5-6-8-10-12-14-16-18/h10,12,17-18H,3-9,11,13-16H2,1-2H3/b12-10+. The molecule has 0 heterocycles. The van der Waals surface area contributed by atoms with E-state index in [9.17, 15) is 0 Å². The molecule has 20 heavy (non-hydrogen) atoms. The first-order valence-electron chi connectivity index (χ1n) is 8.34. The lowest BCUT2D eigenvalue weighted by atomic mass is 10.1. The summed E-state index contributed by atoms with van der Waals surface area (Å²) < 4.78 is 11.1. The fourth-order valence-electron chi connectivity index (χ4n) is 2.18. The van der Waals surface area contributed by atoms with Crippen molar-refractivity contribution < 1.29 is 14.6 Å². The lowest BCUT2D eigenvalue weighted by molar-refractivity contribution is -0.140. The molecule has 0 aromatic rings. The van der Waals surface area contributed by atoms with Crippen molar-refractivity contribution in [2.75, 3.05) is 19.8 Å². The molecule has 0 aromatic carbocycles. The van der Waals surface area contributed by atoms with E-state index < -0.39 is 0 Å². The van der Waals surface area contributed by atoms with Crippen LogP contribution < -0.4 is 0 Å². The highest BCUT2D eigenvalue weighted by Crippen LogP contribution is 2.12. The number of unbranched alkanes of at least 4 members (excludes halogenated alkanes) is 6. The Morgan fingerprint density at radius 3 is 1.95 bits per heavy atom. The minimum Gasteiger partial charge on any atom is -0.396 e. The van der Waals surface area contributed by atoms with Crippen molar-refractivity contribution in [1.82, 2.24) is 0 Å². The third-order valence-electron chi connectivity index (χ3n) is 3.23. The van der Waals surface area contributed by atoms with E-state index in [1.165, 1.54) is 38.5 Å². The van der Waals surface area contributed by atoms with E-state index in [0.717, 1.165) is 32.5 Å². The molecule has 0 saturated heterocycles. The molecule has 0 aliphatic rings. The first-order chi connectivity index (χ1) is 9.85. The highest BCUT2D eigenvalue weighted by atomic mass is 16.7. The highest BCUT2D eigenvalue weighted by molar-refractivity contribution is 4.80. The Morgan fingerprint density at radius 2 is 1.35 bits per heavy atom. The molecule has 0 atom stereocenters. The molecule has 0 rings (SSSR count). The highest BCUT2D eigenvalue weighted by Gasteiger charge is 2.06. The van der Waals surface area contributed by atoms with Crippen molar-refractivity contribution in [3.05, 3.63) is 12.2 Å². The summed E-state index contributed by atoms with van der Waals surface area (Å²) in [5.41, 5.74) is 0. The second-order valence-corrected chi connectivity index (χ2v) is 5.02. The van der Waals surface area contributed by atoms with E-state index >= 15 is 0 Å². The summed E-state index contributed by atoms with van der Waals surface area (Å²) in [4.78, 5) is 0. The molecule has 0 aliphatic heterocycles. The Hall–Kier alpha value is -0.380. The number of rotatable bonds is 15. The molecule has 1 N–H and O–H groups in total. The fourth-order valence-corrected chi connectivity index (χ4v) is 2.18. The number of hydrogen-bond donors (Lipinski definition) is 1. The van der Waals surface area contributed by atoms with Crippen LogP contribution in [-0.2, 0) is 9.47 Å². The number of aliphatic hydroxyl groups is 1. The van der Waals surface area contributed by atoms with Gasteiger partial charge in [-0.2, -0.15) is 0 Å². The lowest BCUT2D eigenvalue weighted by Crippen LogP contribution is -2.17. The maximum Gasteiger partial charge on any atom is 0.157 e. The Kier molecular flexibility index (Phi) is 16.4. The Balaban J connectivity index is 3.26. The Labute approximate surface area is 125 Å². The van der Waals surface area contributed by atoms with Gasteiger partial charge in [0.05, 0.1) is 0 Å². The molecule has 3 nitrogen and oxygen atoms in total. The van der Waals surface area contributed by atoms with Gasteiger partial charge in [0, 0.05) is 19.8 Å². The van der Waals surface area contributed by atoms with Crippen LogP contribution in [-0.4, -0.2) is 31.2 Å². The molecule has 120 valence electrons. The molecule has 0 amide bonds. The van der Waals surface area contributed by atoms with Crippen LogP contribution in [0.25, 0.3) is 0 Å². The van der Waals surface area contributed by atoms with Crippen LogP contribution in [0.3, 0.4) is 0 Å². The summed E-state index contributed by atoms with van der Waals surface area (Å²) in [6.07, 6.45) is 14.9. The van der Waals surface area contributed by atoms with Gasteiger partial charge in [0.25, 0.3) is 0 Å². The van der Waals surface area contributed by atoms with Crippen LogP contribution in [0.2, 0.25) is 0 Å². The summed E-state index contributed by atoms with van der Waals surface area (Å²) in [5, 5.41) is 8.63. The molecule has 0 radical (unpaired) electrons. The molecule has 0 aromatic heterocycles. The monoisotopic (exact) mass is 286 g/mol. The third-order valence-corrected chi connectivity index (χ3v) is 3.23. The largest absolute Gasteiger partial charge is 0.396 e.